The van der Waals surface area contributed by atoms with Gasteiger partial charge >= 0.3 is 0 Å². The predicted molar refractivity (Wildman–Crippen MR) is 87.0 cm³/mol. The Labute approximate surface area is 127 Å². The van der Waals surface area contributed by atoms with E-state index in [0.29, 0.717) is 0 Å². The van der Waals surface area contributed by atoms with Gasteiger partial charge in [0.05, 0.1) is 5.52 Å². The van der Waals surface area contributed by atoms with Crippen molar-refractivity contribution in [1.82, 2.24) is 14.5 Å². The van der Waals surface area contributed by atoms with Crippen LogP contribution in [0, 0.1) is 11.7 Å². The molecule has 0 unspecified atom stereocenters. The number of thiophene rings is 1. The maximum atomic E-state index is 5.48. The van der Waals surface area contributed by atoms with Gasteiger partial charge in [-0.3, -0.25) is 0 Å². The van der Waals surface area contributed by atoms with Gasteiger partial charge in [0.25, 0.3) is 0 Å². The quantitative estimate of drug-likeness (QED) is 0.726. The summed E-state index contributed by atoms with van der Waals surface area (Å²) in [6, 6.07) is 6.28. The second-order valence-electron chi connectivity index (χ2n) is 5.70. The number of aromatic nitrogens is 3. The predicted octanol–water partition coefficient (Wildman–Crippen LogP) is 4.44. The number of hydrogen-bond donors (Lipinski definition) is 1. The molecule has 0 aliphatic rings. The molecule has 0 aromatic carbocycles. The average Bonchev–Trinajstić information content (AvgIpc) is 3.01. The number of pyridine rings is 1. The van der Waals surface area contributed by atoms with Crippen molar-refractivity contribution in [1.29, 1.82) is 0 Å². The van der Waals surface area contributed by atoms with E-state index in [2.05, 4.69) is 52.8 Å². The van der Waals surface area contributed by atoms with Crippen molar-refractivity contribution >= 4 is 34.7 Å². The van der Waals surface area contributed by atoms with Crippen LogP contribution in [-0.4, -0.2) is 14.5 Å². The van der Waals surface area contributed by atoms with E-state index in [1.807, 2.05) is 12.3 Å². The van der Waals surface area contributed by atoms with Gasteiger partial charge in [0.2, 0.25) is 0 Å². The number of aryl methyl sites for hydroxylation is 1. The maximum Gasteiger partial charge on any atom is 0.179 e. The molecule has 104 valence electrons. The van der Waals surface area contributed by atoms with Crippen molar-refractivity contribution in [2.24, 2.45) is 0 Å². The van der Waals surface area contributed by atoms with E-state index in [0.717, 1.165) is 22.5 Å². The number of hydrogen-bond acceptors (Lipinski definition) is 3. The fourth-order valence-electron chi connectivity index (χ4n) is 2.46. The topological polar surface area (TPSA) is 33.6 Å². The Kier molecular flexibility index (Phi) is 3.26. The van der Waals surface area contributed by atoms with Crippen LogP contribution in [0.1, 0.15) is 24.3 Å². The average molecular weight is 303 g/mol. The molecule has 1 N–H and O–H groups in total. The Hall–Kier alpha value is -1.46. The highest BCUT2D eigenvalue weighted by molar-refractivity contribution is 7.71. The van der Waals surface area contributed by atoms with E-state index in [1.165, 1.54) is 10.4 Å². The molecular weight excluding hydrogens is 286 g/mol. The van der Waals surface area contributed by atoms with Crippen molar-refractivity contribution in [3.63, 3.8) is 0 Å². The normalized spacial score (nSPS) is 12.2. The molecule has 0 atom stereocenters. The van der Waals surface area contributed by atoms with Crippen molar-refractivity contribution in [2.75, 3.05) is 0 Å². The van der Waals surface area contributed by atoms with Gasteiger partial charge in [-0.1, -0.05) is 19.9 Å². The van der Waals surface area contributed by atoms with Crippen LogP contribution in [0.25, 0.3) is 11.2 Å². The summed E-state index contributed by atoms with van der Waals surface area (Å²) in [5, 5.41) is 2.12. The smallest absolute Gasteiger partial charge is 0.179 e. The van der Waals surface area contributed by atoms with E-state index in [-0.39, 0.29) is 5.41 Å². The van der Waals surface area contributed by atoms with E-state index in [4.69, 9.17) is 12.2 Å². The number of aromatic amines is 1. The van der Waals surface area contributed by atoms with Gasteiger partial charge in [-0.15, -0.1) is 11.3 Å². The van der Waals surface area contributed by atoms with E-state index in [9.17, 15) is 0 Å². The molecular formula is C15H17N3S2. The lowest BCUT2D eigenvalue weighted by Crippen LogP contribution is -2.23. The first kappa shape index (κ1) is 13.5. The number of H-pyrrole nitrogens is 1. The molecule has 0 spiro atoms. The van der Waals surface area contributed by atoms with E-state index in [1.54, 1.807) is 11.3 Å². The van der Waals surface area contributed by atoms with Crippen LogP contribution in [0.4, 0.5) is 0 Å². The van der Waals surface area contributed by atoms with Crippen molar-refractivity contribution in [3.05, 3.63) is 45.0 Å². The van der Waals surface area contributed by atoms with Crippen molar-refractivity contribution in [3.8, 4) is 0 Å². The molecule has 3 rings (SSSR count). The van der Waals surface area contributed by atoms with Gasteiger partial charge < -0.3 is 9.55 Å². The lowest BCUT2D eigenvalue weighted by atomic mass is 9.91. The molecule has 3 nitrogen and oxygen atoms in total. The first-order valence-corrected chi connectivity index (χ1v) is 7.86. The summed E-state index contributed by atoms with van der Waals surface area (Å²) in [5.41, 5.74) is 3.19. The number of imidazole rings is 1. The molecule has 5 heteroatoms. The maximum absolute atomic E-state index is 5.48. The van der Waals surface area contributed by atoms with Crippen molar-refractivity contribution < 1.29 is 0 Å². The second kappa shape index (κ2) is 4.82. The van der Waals surface area contributed by atoms with Crippen molar-refractivity contribution in [2.45, 2.75) is 32.7 Å². The zero-order chi connectivity index (χ0) is 14.3. The fraction of sp³-hybridized carbons (Fsp3) is 0.333. The lowest BCUT2D eigenvalue weighted by molar-refractivity contribution is 0.445. The monoisotopic (exact) mass is 303 g/mol. The standard InChI is InChI=1S/C15H17N3S2/c1-10-6-7-16-13-12(10)17-14(19)18(13)9-15(2,3)11-5-4-8-20-11/h4-8H,9H2,1-3H3,(H,17,19). The molecule has 0 radical (unpaired) electrons. The third kappa shape index (κ3) is 2.21. The van der Waals surface area contributed by atoms with Crippen LogP contribution in [-0.2, 0) is 12.0 Å². The van der Waals surface area contributed by atoms with Gasteiger partial charge in [0, 0.05) is 23.0 Å². The number of rotatable bonds is 3. The summed E-state index contributed by atoms with van der Waals surface area (Å²) >= 11 is 7.27. The van der Waals surface area contributed by atoms with Crippen LogP contribution in [0.15, 0.2) is 29.8 Å². The SMILES string of the molecule is Cc1ccnc2c1[nH]c(=S)n2CC(C)(C)c1cccs1. The van der Waals surface area contributed by atoms with Crippen LogP contribution < -0.4 is 0 Å². The minimum atomic E-state index is 0.0347. The molecule has 0 saturated heterocycles. The minimum Gasteiger partial charge on any atom is -0.329 e. The summed E-state index contributed by atoms with van der Waals surface area (Å²) in [5.74, 6) is 0. The third-order valence-electron chi connectivity index (χ3n) is 3.61. The number of nitrogens with zero attached hydrogens (tertiary/aromatic N) is 2. The van der Waals surface area contributed by atoms with Gasteiger partial charge in [-0.25, -0.2) is 4.98 Å². The highest BCUT2D eigenvalue weighted by Gasteiger charge is 2.24. The lowest BCUT2D eigenvalue weighted by Gasteiger charge is -2.24. The molecule has 3 heterocycles. The number of fused-ring (bicyclic) bond motifs is 1. The minimum absolute atomic E-state index is 0.0347. The summed E-state index contributed by atoms with van der Waals surface area (Å²) in [4.78, 5) is 9.14. The molecule has 0 bridgehead atoms. The Morgan fingerprint density at radius 2 is 2.20 bits per heavy atom. The zero-order valence-corrected chi connectivity index (χ0v) is 13.4. The molecule has 0 amide bonds. The van der Waals surface area contributed by atoms with E-state index >= 15 is 0 Å². The Morgan fingerprint density at radius 3 is 2.90 bits per heavy atom. The molecule has 0 aliphatic carbocycles. The van der Waals surface area contributed by atoms with Gasteiger partial charge in [0.15, 0.2) is 10.4 Å². The molecule has 0 aliphatic heterocycles. The van der Waals surface area contributed by atoms with Gasteiger partial charge in [-0.2, -0.15) is 0 Å². The largest absolute Gasteiger partial charge is 0.329 e. The Bertz CT molecular complexity index is 794. The van der Waals surface area contributed by atoms with Crippen LogP contribution in [0.5, 0.6) is 0 Å². The highest BCUT2D eigenvalue weighted by Crippen LogP contribution is 2.30. The highest BCUT2D eigenvalue weighted by atomic mass is 32.1. The van der Waals surface area contributed by atoms with Gasteiger partial charge in [0.1, 0.15) is 0 Å². The molecule has 0 saturated carbocycles. The second-order valence-corrected chi connectivity index (χ2v) is 7.04. The summed E-state index contributed by atoms with van der Waals surface area (Å²) in [6.45, 7) is 7.39. The fourth-order valence-corrected chi connectivity index (χ4v) is 3.55. The summed E-state index contributed by atoms with van der Waals surface area (Å²) < 4.78 is 2.85. The first-order valence-electron chi connectivity index (χ1n) is 6.57. The number of nitrogens with one attached hydrogen (secondary N) is 1. The first-order chi connectivity index (χ1) is 9.49. The third-order valence-corrected chi connectivity index (χ3v) is 5.17. The Balaban J connectivity index is 2.10. The van der Waals surface area contributed by atoms with Crippen LogP contribution in [0.2, 0.25) is 0 Å². The summed E-state index contributed by atoms with van der Waals surface area (Å²) in [7, 11) is 0. The molecule has 3 aromatic rings. The van der Waals surface area contributed by atoms with E-state index < -0.39 is 0 Å². The molecule has 0 fully saturated rings. The Morgan fingerprint density at radius 1 is 1.40 bits per heavy atom. The van der Waals surface area contributed by atoms with Crippen LogP contribution >= 0.6 is 23.6 Å². The van der Waals surface area contributed by atoms with Crippen LogP contribution in [0.3, 0.4) is 0 Å². The zero-order valence-electron chi connectivity index (χ0n) is 11.8. The molecule has 3 aromatic heterocycles. The summed E-state index contributed by atoms with van der Waals surface area (Å²) in [6.07, 6.45) is 1.84. The van der Waals surface area contributed by atoms with Gasteiger partial charge in [-0.05, 0) is 42.2 Å². The molecule has 20 heavy (non-hydrogen) atoms.